The highest BCUT2D eigenvalue weighted by atomic mass is 35.5. The number of phenols is 1. The molecule has 4 aromatic rings. The van der Waals surface area contributed by atoms with Gasteiger partial charge in [-0.1, -0.05) is 11.6 Å². The monoisotopic (exact) mass is 453 g/mol. The predicted molar refractivity (Wildman–Crippen MR) is 126 cm³/mol. The van der Waals surface area contributed by atoms with Crippen LogP contribution in [0, 0.1) is 0 Å². The predicted octanol–water partition coefficient (Wildman–Crippen LogP) is 6.13. The van der Waals surface area contributed by atoms with Gasteiger partial charge in [-0.25, -0.2) is 4.21 Å². The van der Waals surface area contributed by atoms with E-state index in [4.69, 9.17) is 16.3 Å². The second kappa shape index (κ2) is 8.45. The zero-order valence-electron chi connectivity index (χ0n) is 16.9. The lowest BCUT2D eigenvalue weighted by Gasteiger charge is -2.12. The number of pyridine rings is 1. The first kappa shape index (κ1) is 21.0. The molecule has 0 spiro atoms. The Morgan fingerprint density at radius 3 is 2.58 bits per heavy atom. The van der Waals surface area contributed by atoms with Gasteiger partial charge in [-0.05, 0) is 48.5 Å². The van der Waals surface area contributed by atoms with Gasteiger partial charge in [0.2, 0.25) is 0 Å². The molecule has 0 aliphatic rings. The number of hydrogen-bond donors (Lipinski definition) is 2. The second-order valence-corrected chi connectivity index (χ2v) is 9.65. The van der Waals surface area contributed by atoms with Crippen molar-refractivity contribution in [1.29, 1.82) is 0 Å². The van der Waals surface area contributed by atoms with E-state index in [-0.39, 0.29) is 5.75 Å². The van der Waals surface area contributed by atoms with Crippen LogP contribution in [0.2, 0.25) is 5.02 Å². The minimum absolute atomic E-state index is 0.0876. The molecule has 1 atom stereocenters. The van der Waals surface area contributed by atoms with Gasteiger partial charge in [0.15, 0.2) is 0 Å². The number of fused-ring (bicyclic) bond motifs is 1. The summed E-state index contributed by atoms with van der Waals surface area (Å²) in [6, 6.07) is 19.0. The highest BCUT2D eigenvalue weighted by Crippen LogP contribution is 2.32. The van der Waals surface area contributed by atoms with Gasteiger partial charge in [-0.3, -0.25) is 4.98 Å². The lowest BCUT2D eigenvalue weighted by atomic mass is 10.1. The molecule has 0 bridgehead atoms. The molecule has 0 amide bonds. The maximum Gasteiger partial charge on any atom is 0.124 e. The molecule has 0 fully saturated rings. The summed E-state index contributed by atoms with van der Waals surface area (Å²) in [6.07, 6.45) is 3.29. The van der Waals surface area contributed by atoms with Crippen LogP contribution in [0.5, 0.6) is 11.5 Å². The summed E-state index contributed by atoms with van der Waals surface area (Å²) in [5.74, 6) is 0.620. The Balaban J connectivity index is 1.76. The van der Waals surface area contributed by atoms with Crippen molar-refractivity contribution in [1.82, 2.24) is 4.98 Å². The van der Waals surface area contributed by atoms with E-state index in [9.17, 15) is 9.32 Å². The Bertz CT molecular complexity index is 1380. The van der Waals surface area contributed by atoms with E-state index >= 15 is 0 Å². The molecule has 0 saturated heterocycles. The minimum Gasteiger partial charge on any atom is -0.508 e. The lowest BCUT2D eigenvalue weighted by molar-refractivity contribution is 0.408. The van der Waals surface area contributed by atoms with Crippen LogP contribution in [0.1, 0.15) is 0 Å². The molecule has 8 heteroatoms. The van der Waals surface area contributed by atoms with Gasteiger partial charge >= 0.3 is 0 Å². The number of hydrogen-bond acceptors (Lipinski definition) is 6. The van der Waals surface area contributed by atoms with Crippen molar-refractivity contribution in [2.75, 3.05) is 18.7 Å². The van der Waals surface area contributed by atoms with E-state index < -0.39 is 9.73 Å². The van der Waals surface area contributed by atoms with E-state index in [0.29, 0.717) is 27.0 Å². The van der Waals surface area contributed by atoms with Crippen molar-refractivity contribution < 1.29 is 14.1 Å². The first-order chi connectivity index (χ1) is 14.8. The van der Waals surface area contributed by atoms with Crippen LogP contribution in [-0.4, -0.2) is 27.7 Å². The Morgan fingerprint density at radius 2 is 1.84 bits per heavy atom. The molecule has 0 saturated carbocycles. The Labute approximate surface area is 185 Å². The van der Waals surface area contributed by atoms with E-state index in [1.54, 1.807) is 54.9 Å². The molecule has 4 rings (SSSR count). The number of methoxy groups -OCH3 is 1. The quantitative estimate of drug-likeness (QED) is 0.379. The molecule has 6 nitrogen and oxygen atoms in total. The first-order valence-corrected chi connectivity index (χ1v) is 11.7. The number of rotatable bonds is 5. The first-order valence-electron chi connectivity index (χ1n) is 9.36. The lowest BCUT2D eigenvalue weighted by Crippen LogP contribution is -1.97. The third kappa shape index (κ3) is 4.73. The maximum atomic E-state index is 13.2. The van der Waals surface area contributed by atoms with Crippen LogP contribution in [0.3, 0.4) is 0 Å². The third-order valence-corrected chi connectivity index (χ3v) is 6.62. The van der Waals surface area contributed by atoms with Crippen molar-refractivity contribution in [3.63, 3.8) is 0 Å². The van der Waals surface area contributed by atoms with Crippen molar-refractivity contribution in [3.8, 4) is 11.5 Å². The van der Waals surface area contributed by atoms with E-state index in [2.05, 4.69) is 14.7 Å². The molecular formula is C23H20ClN3O3S. The van der Waals surface area contributed by atoms with Crippen LogP contribution in [0.4, 0.5) is 17.1 Å². The summed E-state index contributed by atoms with van der Waals surface area (Å²) in [7, 11) is -1.12. The van der Waals surface area contributed by atoms with Crippen LogP contribution in [-0.2, 0) is 9.73 Å². The summed E-state index contributed by atoms with van der Waals surface area (Å²) in [4.78, 5) is 5.00. The number of anilines is 2. The number of ether oxygens (including phenoxy) is 1. The van der Waals surface area contributed by atoms with Crippen molar-refractivity contribution in [2.24, 2.45) is 4.36 Å². The molecule has 1 aromatic heterocycles. The maximum absolute atomic E-state index is 13.2. The number of nitrogens with zero attached hydrogens (tertiary/aromatic N) is 2. The molecule has 3 aromatic carbocycles. The highest BCUT2D eigenvalue weighted by molar-refractivity contribution is 7.93. The summed E-state index contributed by atoms with van der Waals surface area (Å²) >= 11 is 5.94. The van der Waals surface area contributed by atoms with E-state index in [1.807, 2.05) is 18.2 Å². The molecule has 0 aliphatic carbocycles. The minimum atomic E-state index is -2.66. The van der Waals surface area contributed by atoms with Crippen molar-refractivity contribution >= 4 is 49.3 Å². The molecule has 1 unspecified atom stereocenters. The van der Waals surface area contributed by atoms with Gasteiger partial charge in [0, 0.05) is 57.3 Å². The topological polar surface area (TPSA) is 83.8 Å². The molecule has 1 heterocycles. The molecule has 0 aliphatic heterocycles. The summed E-state index contributed by atoms with van der Waals surface area (Å²) in [5.41, 5.74) is 2.75. The van der Waals surface area contributed by atoms with Gasteiger partial charge in [0.1, 0.15) is 11.5 Å². The number of aromatic hydroxyl groups is 1. The van der Waals surface area contributed by atoms with Gasteiger partial charge < -0.3 is 15.2 Å². The van der Waals surface area contributed by atoms with Crippen molar-refractivity contribution in [3.05, 3.63) is 77.9 Å². The number of halogens is 1. The van der Waals surface area contributed by atoms with E-state index in [0.717, 1.165) is 16.6 Å². The molecule has 31 heavy (non-hydrogen) atoms. The number of aromatic nitrogens is 1. The van der Waals surface area contributed by atoms with Crippen LogP contribution >= 0.6 is 11.6 Å². The van der Waals surface area contributed by atoms with Gasteiger partial charge in [-0.15, -0.1) is 0 Å². The second-order valence-electron chi connectivity index (χ2n) is 6.95. The SMILES string of the molecule is COc1cc(O)cc(Nc2ccnc3ccc(N=S(C)(=O)c4ccc(Cl)cc4)cc23)c1. The average molecular weight is 454 g/mol. The largest absolute Gasteiger partial charge is 0.508 e. The summed E-state index contributed by atoms with van der Waals surface area (Å²) in [6.45, 7) is 0. The molecule has 0 radical (unpaired) electrons. The van der Waals surface area contributed by atoms with Gasteiger partial charge in [0.05, 0.1) is 28.0 Å². The Kier molecular flexibility index (Phi) is 5.71. The number of benzene rings is 3. The van der Waals surface area contributed by atoms with Crippen LogP contribution in [0.15, 0.2) is 82.2 Å². The van der Waals surface area contributed by atoms with Gasteiger partial charge in [-0.2, -0.15) is 4.36 Å². The number of phenolic OH excluding ortho intramolecular Hbond substituents is 1. The third-order valence-electron chi connectivity index (χ3n) is 4.66. The average Bonchev–Trinajstić information content (AvgIpc) is 2.74. The molecule has 158 valence electrons. The Hall–Kier alpha value is -3.29. The van der Waals surface area contributed by atoms with E-state index in [1.165, 1.54) is 13.2 Å². The number of nitrogens with one attached hydrogen (secondary N) is 1. The normalized spacial score (nSPS) is 12.9. The zero-order chi connectivity index (χ0) is 22.0. The Morgan fingerprint density at radius 1 is 1.06 bits per heavy atom. The molecule has 2 N–H and O–H groups in total. The van der Waals surface area contributed by atoms with Crippen LogP contribution in [0.25, 0.3) is 10.9 Å². The fraction of sp³-hybridized carbons (Fsp3) is 0.0870. The fourth-order valence-electron chi connectivity index (χ4n) is 3.17. The summed E-state index contributed by atoms with van der Waals surface area (Å²) in [5, 5.41) is 14.6. The van der Waals surface area contributed by atoms with Crippen molar-refractivity contribution in [2.45, 2.75) is 4.90 Å². The van der Waals surface area contributed by atoms with Crippen LogP contribution < -0.4 is 10.1 Å². The zero-order valence-corrected chi connectivity index (χ0v) is 18.4. The molecular weight excluding hydrogens is 434 g/mol. The highest BCUT2D eigenvalue weighted by Gasteiger charge is 2.09. The summed E-state index contributed by atoms with van der Waals surface area (Å²) < 4.78 is 22.9. The standard InChI is InChI=1S/C23H20ClN3O3S/c1-30-19-12-17(11-18(28)14-19)26-23-9-10-25-22-8-5-16(13-21(22)23)27-31(2,29)20-6-3-15(24)4-7-20/h3-14,28H,1-2H3,(H,25,26). The fourth-order valence-corrected chi connectivity index (χ4v) is 4.56. The smallest absolute Gasteiger partial charge is 0.124 e. The van der Waals surface area contributed by atoms with Gasteiger partial charge in [0.25, 0.3) is 0 Å².